The van der Waals surface area contributed by atoms with Gasteiger partial charge in [-0.25, -0.2) is 4.98 Å². The van der Waals surface area contributed by atoms with E-state index in [2.05, 4.69) is 25.9 Å². The summed E-state index contributed by atoms with van der Waals surface area (Å²) in [5.74, 6) is -1.61. The van der Waals surface area contributed by atoms with Gasteiger partial charge in [0.2, 0.25) is 11.7 Å². The Balaban J connectivity index is 1.73. The second kappa shape index (κ2) is 8.50. The van der Waals surface area contributed by atoms with Crippen LogP contribution in [0, 0.1) is 0 Å². The molecule has 4 rings (SSSR count). The fourth-order valence-corrected chi connectivity index (χ4v) is 3.54. The first-order chi connectivity index (χ1) is 14.8. The van der Waals surface area contributed by atoms with Gasteiger partial charge in [0, 0.05) is 16.4 Å². The third-order valence-corrected chi connectivity index (χ3v) is 5.22. The maximum absolute atomic E-state index is 13.6. The van der Waals surface area contributed by atoms with E-state index in [0.717, 1.165) is 9.04 Å². The molecule has 0 saturated heterocycles. The van der Waals surface area contributed by atoms with Crippen molar-refractivity contribution in [2.45, 2.75) is 19.3 Å². The summed E-state index contributed by atoms with van der Waals surface area (Å²) in [7, 11) is 0. The number of rotatable bonds is 5. The molecule has 0 radical (unpaired) electrons. The van der Waals surface area contributed by atoms with E-state index in [1.165, 1.54) is 17.0 Å². The van der Waals surface area contributed by atoms with Crippen molar-refractivity contribution in [3.8, 4) is 0 Å². The summed E-state index contributed by atoms with van der Waals surface area (Å²) in [6.45, 7) is -0.395. The molecule has 2 heterocycles. The van der Waals surface area contributed by atoms with Crippen LogP contribution in [0.5, 0.6) is 0 Å². The third-order valence-electron chi connectivity index (χ3n) is 4.69. The van der Waals surface area contributed by atoms with Crippen LogP contribution >= 0.6 is 15.9 Å². The molecular weight excluding hydrogens is 473 g/mol. The average molecular weight is 489 g/mol. The summed E-state index contributed by atoms with van der Waals surface area (Å²) in [5.41, 5.74) is 1.60. The number of carbonyl (C=O) groups is 1. The van der Waals surface area contributed by atoms with Crippen LogP contribution in [-0.2, 0) is 24.1 Å². The van der Waals surface area contributed by atoms with Crippen molar-refractivity contribution in [3.63, 3.8) is 0 Å². The lowest BCUT2D eigenvalue weighted by Crippen LogP contribution is -2.34. The van der Waals surface area contributed by atoms with Gasteiger partial charge in [-0.3, -0.25) is 9.78 Å². The van der Waals surface area contributed by atoms with E-state index in [1.807, 2.05) is 0 Å². The number of amides is 1. The third kappa shape index (κ3) is 4.61. The molecule has 0 fully saturated rings. The molecule has 0 unspecified atom stereocenters. The first-order valence-electron chi connectivity index (χ1n) is 9.31. The van der Waals surface area contributed by atoms with Crippen molar-refractivity contribution in [2.24, 2.45) is 0 Å². The number of hydrogen-bond donors (Lipinski definition) is 0. The number of hydrogen-bond acceptors (Lipinski definition) is 3. The van der Waals surface area contributed by atoms with Gasteiger partial charge < -0.3 is 9.47 Å². The first-order valence-corrected chi connectivity index (χ1v) is 10.1. The molecule has 0 aliphatic rings. The van der Waals surface area contributed by atoms with Crippen LogP contribution in [0.4, 0.5) is 18.9 Å². The molecule has 2 aromatic carbocycles. The molecule has 9 heteroatoms. The average Bonchev–Trinajstić information content (AvgIpc) is 3.12. The summed E-state index contributed by atoms with van der Waals surface area (Å²) in [4.78, 5) is 22.7. The highest BCUT2D eigenvalue weighted by Crippen LogP contribution is 2.32. The fourth-order valence-electron chi connectivity index (χ4n) is 3.27. The number of carbonyl (C=O) groups excluding carboxylic acids is 1. The zero-order chi connectivity index (χ0) is 22.0. The Morgan fingerprint density at radius 2 is 1.71 bits per heavy atom. The second-order valence-corrected chi connectivity index (χ2v) is 7.70. The molecule has 4 aromatic rings. The molecule has 0 atom stereocenters. The number of alkyl halides is 3. The Kier molecular flexibility index (Phi) is 5.77. The van der Waals surface area contributed by atoms with E-state index in [1.54, 1.807) is 60.8 Å². The Morgan fingerprint density at radius 1 is 1.00 bits per heavy atom. The van der Waals surface area contributed by atoms with E-state index in [0.29, 0.717) is 11.4 Å². The van der Waals surface area contributed by atoms with Crippen LogP contribution in [0.25, 0.3) is 11.0 Å². The van der Waals surface area contributed by atoms with Crippen molar-refractivity contribution in [1.29, 1.82) is 0 Å². The normalized spacial score (nSPS) is 11.6. The molecule has 0 saturated carbocycles. The standard InChI is InChI=1S/C22H16BrF3N4O/c23-15-8-10-17(11-9-15)29(13-16-5-3-4-12-27-16)20(31)14-30-19-7-2-1-6-18(19)28-21(30)22(24,25)26/h1-12H,13-14H2. The molecule has 158 valence electrons. The molecule has 5 nitrogen and oxygen atoms in total. The van der Waals surface area contributed by atoms with Gasteiger partial charge in [0.05, 0.1) is 23.3 Å². The van der Waals surface area contributed by atoms with Crippen molar-refractivity contribution in [2.75, 3.05) is 4.90 Å². The number of imidazole rings is 1. The highest BCUT2D eigenvalue weighted by atomic mass is 79.9. The summed E-state index contributed by atoms with van der Waals surface area (Å²) >= 11 is 3.35. The predicted octanol–water partition coefficient (Wildman–Crippen LogP) is 5.45. The van der Waals surface area contributed by atoms with Crippen LogP contribution in [0.3, 0.4) is 0 Å². The van der Waals surface area contributed by atoms with Crippen molar-refractivity contribution in [1.82, 2.24) is 14.5 Å². The molecule has 0 aliphatic heterocycles. The van der Waals surface area contributed by atoms with Crippen molar-refractivity contribution in [3.05, 3.63) is 88.9 Å². The highest BCUT2D eigenvalue weighted by molar-refractivity contribution is 9.10. The number of pyridine rings is 1. The van der Waals surface area contributed by atoms with Crippen LogP contribution in [0.1, 0.15) is 11.5 Å². The minimum absolute atomic E-state index is 0.120. The SMILES string of the molecule is O=C(Cn1c(C(F)(F)F)nc2ccccc21)N(Cc1ccccn1)c1ccc(Br)cc1. The molecule has 0 aliphatic carbocycles. The molecule has 0 spiro atoms. The number of para-hydroxylation sites is 2. The first kappa shape index (κ1) is 21.0. The fraction of sp³-hybridized carbons (Fsp3) is 0.136. The molecule has 0 N–H and O–H groups in total. The lowest BCUT2D eigenvalue weighted by Gasteiger charge is -2.24. The lowest BCUT2D eigenvalue weighted by atomic mass is 10.2. The number of halogens is 4. The zero-order valence-corrected chi connectivity index (χ0v) is 17.6. The highest BCUT2D eigenvalue weighted by Gasteiger charge is 2.38. The van der Waals surface area contributed by atoms with E-state index in [4.69, 9.17) is 0 Å². The van der Waals surface area contributed by atoms with Gasteiger partial charge in [0.15, 0.2) is 0 Å². The lowest BCUT2D eigenvalue weighted by molar-refractivity contribution is -0.147. The molecule has 0 bridgehead atoms. The smallest absolute Gasteiger partial charge is 0.311 e. The van der Waals surface area contributed by atoms with E-state index >= 15 is 0 Å². The van der Waals surface area contributed by atoms with Crippen LogP contribution in [0.15, 0.2) is 77.4 Å². The quantitative estimate of drug-likeness (QED) is 0.375. The van der Waals surface area contributed by atoms with Gasteiger partial charge in [0.25, 0.3) is 0 Å². The maximum Gasteiger partial charge on any atom is 0.449 e. The summed E-state index contributed by atoms with van der Waals surface area (Å²) < 4.78 is 42.6. The van der Waals surface area contributed by atoms with E-state index < -0.39 is 24.5 Å². The van der Waals surface area contributed by atoms with Gasteiger partial charge in [-0.15, -0.1) is 0 Å². The number of nitrogens with zero attached hydrogens (tertiary/aromatic N) is 4. The van der Waals surface area contributed by atoms with Gasteiger partial charge in [-0.1, -0.05) is 34.1 Å². The topological polar surface area (TPSA) is 51.0 Å². The number of benzene rings is 2. The number of aromatic nitrogens is 3. The van der Waals surface area contributed by atoms with Gasteiger partial charge in [-0.2, -0.15) is 13.2 Å². The molecule has 31 heavy (non-hydrogen) atoms. The summed E-state index contributed by atoms with van der Waals surface area (Å²) in [6.07, 6.45) is -3.09. The van der Waals surface area contributed by atoms with Crippen LogP contribution < -0.4 is 4.90 Å². The maximum atomic E-state index is 13.6. The van der Waals surface area contributed by atoms with E-state index in [9.17, 15) is 18.0 Å². The van der Waals surface area contributed by atoms with Gasteiger partial charge in [-0.05, 0) is 48.5 Å². The largest absolute Gasteiger partial charge is 0.449 e. The monoisotopic (exact) mass is 488 g/mol. The summed E-state index contributed by atoms with van der Waals surface area (Å²) in [5, 5.41) is 0. The number of anilines is 1. The minimum atomic E-state index is -4.69. The molecular formula is C22H16BrF3N4O. The zero-order valence-electron chi connectivity index (χ0n) is 16.1. The number of fused-ring (bicyclic) bond motifs is 1. The Labute approximate surface area is 184 Å². The second-order valence-electron chi connectivity index (χ2n) is 6.79. The Hall–Kier alpha value is -3.20. The summed E-state index contributed by atoms with van der Waals surface area (Å²) in [6, 6.07) is 18.5. The van der Waals surface area contributed by atoms with Gasteiger partial charge in [0.1, 0.15) is 6.54 Å². The van der Waals surface area contributed by atoms with Crippen LogP contribution in [0.2, 0.25) is 0 Å². The van der Waals surface area contributed by atoms with Crippen molar-refractivity contribution < 1.29 is 18.0 Å². The molecule has 1 amide bonds. The minimum Gasteiger partial charge on any atom is -0.311 e. The van der Waals surface area contributed by atoms with Crippen molar-refractivity contribution >= 4 is 38.6 Å². The van der Waals surface area contributed by atoms with Crippen LogP contribution in [-0.4, -0.2) is 20.4 Å². The van der Waals surface area contributed by atoms with Gasteiger partial charge >= 0.3 is 6.18 Å². The molecule has 2 aromatic heterocycles. The Morgan fingerprint density at radius 3 is 2.39 bits per heavy atom. The van der Waals surface area contributed by atoms with E-state index in [-0.39, 0.29) is 17.6 Å². The predicted molar refractivity (Wildman–Crippen MR) is 114 cm³/mol. The Bertz CT molecular complexity index is 1210.